The number of hydrogen-bond donors (Lipinski definition) is 1. The lowest BCUT2D eigenvalue weighted by molar-refractivity contribution is -0.113. The Morgan fingerprint density at radius 3 is 2.56 bits per heavy atom. The lowest BCUT2D eigenvalue weighted by Gasteiger charge is -2.02. The van der Waals surface area contributed by atoms with Crippen LogP contribution < -0.4 is 5.73 Å². The SMILES string of the molecule is NC(=O)C=Cc1cncc(-c2ccc(F)cc2)c1. The quantitative estimate of drug-likeness (QED) is 0.840. The van der Waals surface area contributed by atoms with E-state index in [4.69, 9.17) is 5.73 Å². The van der Waals surface area contributed by atoms with Crippen LogP contribution in [-0.4, -0.2) is 10.9 Å². The standard InChI is InChI=1S/C14H11FN2O/c15-13-4-2-11(3-5-13)12-7-10(8-17-9-12)1-6-14(16)18/h1-9H,(H2,16,18). The van der Waals surface area contributed by atoms with E-state index in [1.807, 2.05) is 6.07 Å². The van der Waals surface area contributed by atoms with Crippen LogP contribution in [0.25, 0.3) is 17.2 Å². The Kier molecular flexibility index (Phi) is 3.48. The lowest BCUT2D eigenvalue weighted by atomic mass is 10.1. The van der Waals surface area contributed by atoms with E-state index < -0.39 is 5.91 Å². The van der Waals surface area contributed by atoms with Crippen LogP contribution in [0.3, 0.4) is 0 Å². The summed E-state index contributed by atoms with van der Waals surface area (Å²) >= 11 is 0. The Morgan fingerprint density at radius 2 is 1.89 bits per heavy atom. The van der Waals surface area contributed by atoms with Crippen LogP contribution in [0.1, 0.15) is 5.56 Å². The predicted octanol–water partition coefficient (Wildman–Crippen LogP) is 2.39. The number of halogens is 1. The Hall–Kier alpha value is -2.49. The second-order valence-electron chi connectivity index (χ2n) is 3.75. The van der Waals surface area contributed by atoms with Crippen LogP contribution in [0.5, 0.6) is 0 Å². The van der Waals surface area contributed by atoms with E-state index in [0.29, 0.717) is 0 Å². The highest BCUT2D eigenvalue weighted by Gasteiger charge is 1.99. The number of aromatic nitrogens is 1. The van der Waals surface area contributed by atoms with Gasteiger partial charge in [-0.25, -0.2) is 4.39 Å². The van der Waals surface area contributed by atoms with E-state index in [1.54, 1.807) is 30.6 Å². The summed E-state index contributed by atoms with van der Waals surface area (Å²) in [6.07, 6.45) is 6.15. The molecule has 1 aromatic heterocycles. The number of primary amides is 1. The molecule has 1 aromatic carbocycles. The van der Waals surface area contributed by atoms with Gasteiger partial charge in [0, 0.05) is 24.0 Å². The van der Waals surface area contributed by atoms with Gasteiger partial charge in [0.15, 0.2) is 0 Å². The maximum absolute atomic E-state index is 12.8. The molecule has 0 unspecified atom stereocenters. The summed E-state index contributed by atoms with van der Waals surface area (Å²) in [4.78, 5) is 14.7. The van der Waals surface area contributed by atoms with E-state index in [9.17, 15) is 9.18 Å². The number of nitrogens with zero attached hydrogens (tertiary/aromatic N) is 1. The zero-order valence-corrected chi connectivity index (χ0v) is 9.51. The summed E-state index contributed by atoms with van der Waals surface area (Å²) in [5, 5.41) is 0. The van der Waals surface area contributed by atoms with Crippen molar-refractivity contribution in [2.45, 2.75) is 0 Å². The number of rotatable bonds is 3. The fraction of sp³-hybridized carbons (Fsp3) is 0. The first kappa shape index (κ1) is 12.0. The van der Waals surface area contributed by atoms with Crippen molar-refractivity contribution in [3.8, 4) is 11.1 Å². The Bertz CT molecular complexity index is 591. The molecule has 3 nitrogen and oxygen atoms in total. The number of benzene rings is 1. The average molecular weight is 242 g/mol. The molecule has 2 aromatic rings. The molecule has 2 N–H and O–H groups in total. The minimum atomic E-state index is -0.512. The molecule has 0 aliphatic carbocycles. The normalized spacial score (nSPS) is 10.7. The molecular weight excluding hydrogens is 231 g/mol. The van der Waals surface area contributed by atoms with Crippen LogP contribution >= 0.6 is 0 Å². The third-order valence-corrected chi connectivity index (χ3v) is 2.38. The van der Waals surface area contributed by atoms with Crippen LogP contribution in [0.4, 0.5) is 4.39 Å². The van der Waals surface area contributed by atoms with Crippen molar-refractivity contribution < 1.29 is 9.18 Å². The number of amides is 1. The zero-order valence-electron chi connectivity index (χ0n) is 9.51. The van der Waals surface area contributed by atoms with Gasteiger partial charge in [0.25, 0.3) is 0 Å². The van der Waals surface area contributed by atoms with Gasteiger partial charge in [0.05, 0.1) is 0 Å². The van der Waals surface area contributed by atoms with Crippen LogP contribution in [0.15, 0.2) is 48.8 Å². The summed E-state index contributed by atoms with van der Waals surface area (Å²) in [5.74, 6) is -0.793. The van der Waals surface area contributed by atoms with Crippen molar-refractivity contribution in [2.75, 3.05) is 0 Å². The maximum Gasteiger partial charge on any atom is 0.241 e. The molecule has 0 spiro atoms. The zero-order chi connectivity index (χ0) is 13.0. The van der Waals surface area contributed by atoms with E-state index in [0.717, 1.165) is 16.7 Å². The Morgan fingerprint density at radius 1 is 1.17 bits per heavy atom. The van der Waals surface area contributed by atoms with E-state index >= 15 is 0 Å². The minimum Gasteiger partial charge on any atom is -0.366 e. The lowest BCUT2D eigenvalue weighted by Crippen LogP contribution is -2.05. The fourth-order valence-corrected chi connectivity index (χ4v) is 1.53. The summed E-state index contributed by atoms with van der Waals surface area (Å²) in [6, 6.07) is 7.98. The highest BCUT2D eigenvalue weighted by molar-refractivity contribution is 5.90. The molecule has 2 rings (SSSR count). The number of nitrogens with two attached hydrogens (primary N) is 1. The number of hydrogen-bond acceptors (Lipinski definition) is 2. The minimum absolute atomic E-state index is 0.281. The molecule has 4 heteroatoms. The van der Waals surface area contributed by atoms with Crippen molar-refractivity contribution >= 4 is 12.0 Å². The first-order valence-corrected chi connectivity index (χ1v) is 5.33. The largest absolute Gasteiger partial charge is 0.366 e. The summed E-state index contributed by atoms with van der Waals surface area (Å²) in [5.41, 5.74) is 7.49. The molecule has 0 aliphatic heterocycles. The highest BCUT2D eigenvalue weighted by atomic mass is 19.1. The second kappa shape index (κ2) is 5.23. The monoisotopic (exact) mass is 242 g/mol. The molecule has 0 atom stereocenters. The summed E-state index contributed by atoms with van der Waals surface area (Å²) in [7, 11) is 0. The Balaban J connectivity index is 2.32. The third-order valence-electron chi connectivity index (χ3n) is 2.38. The number of carbonyl (C=O) groups excluding carboxylic acids is 1. The third kappa shape index (κ3) is 3.01. The van der Waals surface area contributed by atoms with Crippen molar-refractivity contribution in [3.05, 3.63) is 60.2 Å². The van der Waals surface area contributed by atoms with Gasteiger partial charge in [-0.3, -0.25) is 9.78 Å². The molecular formula is C14H11FN2O. The van der Waals surface area contributed by atoms with Gasteiger partial charge >= 0.3 is 0 Å². The molecule has 1 amide bonds. The van der Waals surface area contributed by atoms with Gasteiger partial charge in [-0.2, -0.15) is 0 Å². The van der Waals surface area contributed by atoms with Gasteiger partial charge in [-0.05, 0) is 35.4 Å². The first-order valence-electron chi connectivity index (χ1n) is 5.33. The molecule has 0 bridgehead atoms. The Labute approximate surface area is 104 Å². The fourth-order valence-electron chi connectivity index (χ4n) is 1.53. The smallest absolute Gasteiger partial charge is 0.241 e. The number of pyridine rings is 1. The molecule has 0 saturated carbocycles. The van der Waals surface area contributed by atoms with E-state index in [-0.39, 0.29) is 5.82 Å². The molecule has 0 aliphatic rings. The second-order valence-corrected chi connectivity index (χ2v) is 3.75. The molecule has 0 saturated heterocycles. The summed E-state index contributed by atoms with van der Waals surface area (Å²) in [6.45, 7) is 0. The van der Waals surface area contributed by atoms with Crippen LogP contribution in [0, 0.1) is 5.82 Å². The molecule has 90 valence electrons. The van der Waals surface area contributed by atoms with Gasteiger partial charge in [-0.1, -0.05) is 12.1 Å². The summed E-state index contributed by atoms with van der Waals surface area (Å²) < 4.78 is 12.8. The number of carbonyl (C=O) groups is 1. The van der Waals surface area contributed by atoms with E-state index in [1.165, 1.54) is 18.2 Å². The molecule has 0 radical (unpaired) electrons. The first-order chi connectivity index (χ1) is 8.65. The van der Waals surface area contributed by atoms with E-state index in [2.05, 4.69) is 4.98 Å². The molecule has 18 heavy (non-hydrogen) atoms. The molecule has 0 fully saturated rings. The van der Waals surface area contributed by atoms with Gasteiger partial charge < -0.3 is 5.73 Å². The van der Waals surface area contributed by atoms with Crippen molar-refractivity contribution in [3.63, 3.8) is 0 Å². The van der Waals surface area contributed by atoms with Crippen molar-refractivity contribution in [1.29, 1.82) is 0 Å². The topological polar surface area (TPSA) is 56.0 Å². The average Bonchev–Trinajstić information content (AvgIpc) is 2.37. The highest BCUT2D eigenvalue weighted by Crippen LogP contribution is 2.20. The van der Waals surface area contributed by atoms with Crippen molar-refractivity contribution in [1.82, 2.24) is 4.98 Å². The molecule has 1 heterocycles. The van der Waals surface area contributed by atoms with Crippen molar-refractivity contribution in [2.24, 2.45) is 5.73 Å². The van der Waals surface area contributed by atoms with Crippen LogP contribution in [0.2, 0.25) is 0 Å². The maximum atomic E-state index is 12.8. The van der Waals surface area contributed by atoms with Gasteiger partial charge in [-0.15, -0.1) is 0 Å². The predicted molar refractivity (Wildman–Crippen MR) is 67.9 cm³/mol. The van der Waals surface area contributed by atoms with Gasteiger partial charge in [0.1, 0.15) is 5.82 Å². The van der Waals surface area contributed by atoms with Gasteiger partial charge in [0.2, 0.25) is 5.91 Å². The van der Waals surface area contributed by atoms with Crippen LogP contribution in [-0.2, 0) is 4.79 Å².